The van der Waals surface area contributed by atoms with Crippen LogP contribution in [-0.2, 0) is 18.1 Å². The van der Waals surface area contributed by atoms with Crippen molar-refractivity contribution in [1.29, 1.82) is 0 Å². The summed E-state index contributed by atoms with van der Waals surface area (Å²) < 4.78 is 25.8. The van der Waals surface area contributed by atoms with Crippen molar-refractivity contribution in [2.45, 2.75) is 6.92 Å². The first-order valence-corrected chi connectivity index (χ1v) is 5.54. The Labute approximate surface area is 76.8 Å². The predicted octanol–water partition coefficient (Wildman–Crippen LogP) is 2.03. The van der Waals surface area contributed by atoms with E-state index in [4.69, 9.17) is 20.6 Å². The minimum absolute atomic E-state index is 0.256. The lowest BCUT2D eigenvalue weighted by Crippen LogP contribution is -2.34. The summed E-state index contributed by atoms with van der Waals surface area (Å²) in [7, 11) is -1.95. The van der Waals surface area contributed by atoms with Crippen molar-refractivity contribution in [3.8, 4) is 0 Å². The van der Waals surface area contributed by atoms with Gasteiger partial charge in [-0.3, -0.25) is 13.6 Å². The third-order valence-electron chi connectivity index (χ3n) is 1.69. The number of phosphoric acid groups is 1. The van der Waals surface area contributed by atoms with Gasteiger partial charge in [0.05, 0.1) is 13.2 Å². The Bertz CT molecular complexity index is 196. The van der Waals surface area contributed by atoms with Gasteiger partial charge in [0.15, 0.2) is 0 Å². The molecule has 1 saturated heterocycles. The van der Waals surface area contributed by atoms with E-state index < -0.39 is 7.82 Å². The minimum Gasteiger partial charge on any atom is -0.290 e. The smallest absolute Gasteiger partial charge is 0.290 e. The van der Waals surface area contributed by atoms with E-state index in [1.54, 1.807) is 0 Å². The molecule has 0 radical (unpaired) electrons. The Morgan fingerprint density at radius 2 is 2.08 bits per heavy atom. The summed E-state index contributed by atoms with van der Waals surface area (Å²) in [5.74, 6) is 0.413. The minimum atomic E-state index is -3.25. The van der Waals surface area contributed by atoms with Crippen LogP contribution < -0.4 is 0 Å². The maximum absolute atomic E-state index is 11.3. The number of hydrogen-bond donors (Lipinski definition) is 0. The molecule has 1 rings (SSSR count). The molecular formula is C6H12ClO4P. The van der Waals surface area contributed by atoms with Crippen LogP contribution in [0.25, 0.3) is 0 Å². The largest absolute Gasteiger partial charge is 0.474 e. The number of phosphoric ester groups is 1. The van der Waals surface area contributed by atoms with Crippen LogP contribution in [0, 0.1) is 5.41 Å². The van der Waals surface area contributed by atoms with Crippen molar-refractivity contribution < 1.29 is 18.1 Å². The van der Waals surface area contributed by atoms with Crippen LogP contribution in [0.2, 0.25) is 0 Å². The fourth-order valence-electron chi connectivity index (χ4n) is 0.731. The Hall–Kier alpha value is 0.400. The first-order valence-electron chi connectivity index (χ1n) is 3.54. The number of hydrogen-bond acceptors (Lipinski definition) is 4. The van der Waals surface area contributed by atoms with E-state index in [1.807, 2.05) is 6.92 Å². The molecule has 0 spiro atoms. The van der Waals surface area contributed by atoms with Crippen LogP contribution in [-0.4, -0.2) is 26.2 Å². The molecule has 0 aliphatic carbocycles. The van der Waals surface area contributed by atoms with Crippen molar-refractivity contribution >= 4 is 19.4 Å². The highest BCUT2D eigenvalue weighted by atomic mass is 35.5. The van der Waals surface area contributed by atoms with E-state index in [0.29, 0.717) is 19.1 Å². The first kappa shape index (κ1) is 10.5. The summed E-state index contributed by atoms with van der Waals surface area (Å²) in [5.41, 5.74) is -0.256. The summed E-state index contributed by atoms with van der Waals surface area (Å²) in [6, 6.07) is 0. The highest BCUT2D eigenvalue weighted by Crippen LogP contribution is 2.53. The Kier molecular flexibility index (Phi) is 3.18. The van der Waals surface area contributed by atoms with E-state index in [9.17, 15) is 4.57 Å². The van der Waals surface area contributed by atoms with Gasteiger partial charge in [-0.15, -0.1) is 11.6 Å². The van der Waals surface area contributed by atoms with Crippen LogP contribution in [0.1, 0.15) is 6.92 Å². The highest BCUT2D eigenvalue weighted by Gasteiger charge is 2.39. The molecule has 0 aromatic carbocycles. The van der Waals surface area contributed by atoms with E-state index in [0.717, 1.165) is 0 Å². The zero-order valence-electron chi connectivity index (χ0n) is 7.08. The average Bonchev–Trinajstić information content (AvgIpc) is 2.11. The van der Waals surface area contributed by atoms with Gasteiger partial charge in [-0.2, -0.15) is 0 Å². The van der Waals surface area contributed by atoms with E-state index >= 15 is 0 Å². The van der Waals surface area contributed by atoms with Gasteiger partial charge in [-0.05, 0) is 0 Å². The van der Waals surface area contributed by atoms with Crippen LogP contribution in [0.5, 0.6) is 0 Å². The van der Waals surface area contributed by atoms with Gasteiger partial charge in [0.2, 0.25) is 0 Å². The van der Waals surface area contributed by atoms with Crippen molar-refractivity contribution in [1.82, 2.24) is 0 Å². The number of rotatable bonds is 2. The third kappa shape index (κ3) is 2.21. The summed E-state index contributed by atoms with van der Waals surface area (Å²) >= 11 is 5.67. The van der Waals surface area contributed by atoms with E-state index in [2.05, 4.69) is 4.52 Å². The molecule has 0 saturated carbocycles. The molecule has 0 unspecified atom stereocenters. The lowest BCUT2D eigenvalue weighted by molar-refractivity contribution is 0.00973. The summed E-state index contributed by atoms with van der Waals surface area (Å²) in [6.07, 6.45) is 0. The molecule has 1 aliphatic rings. The maximum Gasteiger partial charge on any atom is 0.474 e. The zero-order chi connectivity index (χ0) is 9.24. The highest BCUT2D eigenvalue weighted by molar-refractivity contribution is 7.48. The molecule has 0 atom stereocenters. The molecule has 72 valence electrons. The summed E-state index contributed by atoms with van der Waals surface area (Å²) in [6.45, 7) is 2.52. The second-order valence-corrected chi connectivity index (χ2v) is 5.16. The fraction of sp³-hybridized carbons (Fsp3) is 1.00. The van der Waals surface area contributed by atoms with Gasteiger partial charge in [0.1, 0.15) is 0 Å². The molecule has 1 aliphatic heterocycles. The van der Waals surface area contributed by atoms with Gasteiger partial charge in [-0.1, -0.05) is 6.92 Å². The lowest BCUT2D eigenvalue weighted by Gasteiger charge is -2.33. The van der Waals surface area contributed by atoms with Crippen LogP contribution in [0.4, 0.5) is 0 Å². The molecule has 0 amide bonds. The van der Waals surface area contributed by atoms with Crippen LogP contribution in [0.3, 0.4) is 0 Å². The lowest BCUT2D eigenvalue weighted by atomic mass is 9.96. The fourth-order valence-corrected chi connectivity index (χ4v) is 2.11. The van der Waals surface area contributed by atoms with Crippen molar-refractivity contribution in [3.63, 3.8) is 0 Å². The first-order chi connectivity index (χ1) is 5.54. The second-order valence-electron chi connectivity index (χ2n) is 3.12. The summed E-state index contributed by atoms with van der Waals surface area (Å²) in [4.78, 5) is 0. The van der Waals surface area contributed by atoms with Crippen molar-refractivity contribution in [2.75, 3.05) is 26.2 Å². The van der Waals surface area contributed by atoms with Gasteiger partial charge in [0, 0.05) is 18.4 Å². The van der Waals surface area contributed by atoms with E-state index in [1.165, 1.54) is 7.11 Å². The molecule has 6 heteroatoms. The molecule has 0 aromatic rings. The zero-order valence-corrected chi connectivity index (χ0v) is 8.73. The number of alkyl halides is 1. The van der Waals surface area contributed by atoms with Crippen LogP contribution in [0.15, 0.2) is 0 Å². The van der Waals surface area contributed by atoms with Crippen molar-refractivity contribution in [3.05, 3.63) is 0 Å². The Morgan fingerprint density at radius 3 is 2.42 bits per heavy atom. The SMILES string of the molecule is COP1(=O)OCC(C)(CCl)CO1. The number of halogens is 1. The molecule has 1 fully saturated rings. The quantitative estimate of drug-likeness (QED) is 0.521. The second kappa shape index (κ2) is 3.64. The molecule has 0 aromatic heterocycles. The molecule has 4 nitrogen and oxygen atoms in total. The van der Waals surface area contributed by atoms with Gasteiger partial charge < -0.3 is 0 Å². The molecular weight excluding hydrogens is 202 g/mol. The van der Waals surface area contributed by atoms with Gasteiger partial charge in [-0.25, -0.2) is 4.57 Å². The topological polar surface area (TPSA) is 44.8 Å². The normalized spacial score (nSPS) is 42.9. The average molecular weight is 215 g/mol. The molecule has 1 heterocycles. The monoisotopic (exact) mass is 214 g/mol. The molecule has 12 heavy (non-hydrogen) atoms. The Balaban J connectivity index is 2.55. The van der Waals surface area contributed by atoms with Crippen LogP contribution >= 0.6 is 19.4 Å². The van der Waals surface area contributed by atoms with Gasteiger partial charge >= 0.3 is 7.82 Å². The van der Waals surface area contributed by atoms with Crippen molar-refractivity contribution in [2.24, 2.45) is 5.41 Å². The maximum atomic E-state index is 11.3. The predicted molar refractivity (Wildman–Crippen MR) is 45.3 cm³/mol. The van der Waals surface area contributed by atoms with E-state index in [-0.39, 0.29) is 5.41 Å². The van der Waals surface area contributed by atoms with Gasteiger partial charge in [0.25, 0.3) is 0 Å². The molecule has 0 N–H and O–H groups in total. The standard InChI is InChI=1S/C6H12ClO4P/c1-6(3-7)4-10-12(8,9-2)11-5-6/h3-5H2,1-2H3. The summed E-state index contributed by atoms with van der Waals surface area (Å²) in [5, 5.41) is 0. The molecule has 0 bridgehead atoms. The third-order valence-corrected chi connectivity index (χ3v) is 3.67. The Morgan fingerprint density at radius 1 is 1.58 bits per heavy atom.